The van der Waals surface area contributed by atoms with E-state index >= 15 is 0 Å². The summed E-state index contributed by atoms with van der Waals surface area (Å²) in [6, 6.07) is 0. The number of aldehydes is 1. The molecule has 0 aliphatic carbocycles. The number of carbonyl (C=O) groups excluding carboxylic acids is 3. The van der Waals surface area contributed by atoms with Gasteiger partial charge in [-0.3, -0.25) is 0 Å². The maximum atomic E-state index is 12.4. The molecule has 1 heterocycles. The lowest BCUT2D eigenvalue weighted by Crippen LogP contribution is -2.40. The van der Waals surface area contributed by atoms with Crippen LogP contribution in [0.5, 0.6) is 0 Å². The lowest BCUT2D eigenvalue weighted by atomic mass is 9.99. The number of cyclic esters (lactones) is 1. The number of primary amides is 1. The molecule has 5 unspecified atom stereocenters. The summed E-state index contributed by atoms with van der Waals surface area (Å²) in [6.07, 6.45) is 12.7. The zero-order valence-electron chi connectivity index (χ0n) is 20.8. The fourth-order valence-electron chi connectivity index (χ4n) is 3.55. The van der Waals surface area contributed by atoms with Crippen LogP contribution in [0.15, 0.2) is 59.8 Å². The number of esters is 1. The molecule has 1 amide bonds. The highest BCUT2D eigenvalue weighted by molar-refractivity contribution is 5.82. The molecule has 0 saturated carbocycles. The van der Waals surface area contributed by atoms with E-state index in [9.17, 15) is 24.6 Å². The first-order chi connectivity index (χ1) is 16.6. The lowest BCUT2D eigenvalue weighted by Gasteiger charge is -2.24. The molecular formula is C27H39NO7. The molecule has 1 aliphatic heterocycles. The highest BCUT2D eigenvalue weighted by Gasteiger charge is 2.27. The van der Waals surface area contributed by atoms with Gasteiger partial charge in [0.1, 0.15) is 30.7 Å². The Kier molecular flexibility index (Phi) is 14.3. The number of aliphatic hydroxyl groups excluding tert-OH is 2. The third kappa shape index (κ3) is 12.9. The Morgan fingerprint density at radius 1 is 1.23 bits per heavy atom. The number of nitrogens with two attached hydrogens (primary N) is 1. The molecule has 1 rings (SSSR count). The zero-order valence-corrected chi connectivity index (χ0v) is 20.8. The Morgan fingerprint density at radius 2 is 1.94 bits per heavy atom. The van der Waals surface area contributed by atoms with E-state index in [0.29, 0.717) is 38.5 Å². The van der Waals surface area contributed by atoms with Crippen LogP contribution in [0.2, 0.25) is 0 Å². The largest absolute Gasteiger partial charge is 0.454 e. The summed E-state index contributed by atoms with van der Waals surface area (Å²) in [6.45, 7) is 5.56. The van der Waals surface area contributed by atoms with E-state index in [0.717, 1.165) is 17.4 Å². The van der Waals surface area contributed by atoms with Crippen LogP contribution in [0.3, 0.4) is 0 Å². The topological polar surface area (TPSA) is 136 Å². The first-order valence-electron chi connectivity index (χ1n) is 12.0. The molecule has 0 spiro atoms. The molecule has 0 radical (unpaired) electrons. The van der Waals surface area contributed by atoms with Gasteiger partial charge >= 0.3 is 12.1 Å². The third-order valence-electron chi connectivity index (χ3n) is 5.48. The highest BCUT2D eigenvalue weighted by Crippen LogP contribution is 2.19. The Hall–Kier alpha value is -2.97. The predicted octanol–water partition coefficient (Wildman–Crippen LogP) is 3.83. The van der Waals surface area contributed by atoms with Crippen molar-refractivity contribution in [1.29, 1.82) is 0 Å². The van der Waals surface area contributed by atoms with Gasteiger partial charge in [-0.05, 0) is 51.5 Å². The summed E-state index contributed by atoms with van der Waals surface area (Å²) >= 11 is 0. The number of ether oxygens (including phenoxy) is 2. The van der Waals surface area contributed by atoms with E-state index < -0.39 is 36.5 Å². The molecule has 8 heteroatoms. The van der Waals surface area contributed by atoms with E-state index in [1.807, 2.05) is 32.1 Å². The molecule has 194 valence electrons. The van der Waals surface area contributed by atoms with Gasteiger partial charge in [0.2, 0.25) is 0 Å². The van der Waals surface area contributed by atoms with Crippen molar-refractivity contribution in [3.63, 3.8) is 0 Å². The van der Waals surface area contributed by atoms with E-state index in [2.05, 4.69) is 0 Å². The van der Waals surface area contributed by atoms with E-state index in [-0.39, 0.29) is 5.92 Å². The van der Waals surface area contributed by atoms with Gasteiger partial charge < -0.3 is 30.2 Å². The second-order valence-corrected chi connectivity index (χ2v) is 8.77. The third-order valence-corrected chi connectivity index (χ3v) is 5.48. The molecule has 0 saturated heterocycles. The first-order valence-corrected chi connectivity index (χ1v) is 12.0. The zero-order chi connectivity index (χ0) is 26.2. The van der Waals surface area contributed by atoms with Crippen molar-refractivity contribution in [3.8, 4) is 0 Å². The summed E-state index contributed by atoms with van der Waals surface area (Å²) in [5.41, 5.74) is 6.92. The minimum Gasteiger partial charge on any atom is -0.454 e. The lowest BCUT2D eigenvalue weighted by molar-refractivity contribution is -0.141. The van der Waals surface area contributed by atoms with Crippen molar-refractivity contribution in [2.24, 2.45) is 11.7 Å². The van der Waals surface area contributed by atoms with Gasteiger partial charge in [0, 0.05) is 18.4 Å². The molecule has 0 fully saturated rings. The molecule has 1 aliphatic rings. The number of allylic oxidation sites excluding steroid dienone is 6. The van der Waals surface area contributed by atoms with Gasteiger partial charge in [-0.1, -0.05) is 55.0 Å². The molecule has 8 nitrogen and oxygen atoms in total. The minimum atomic E-state index is -1.31. The summed E-state index contributed by atoms with van der Waals surface area (Å²) in [7, 11) is 0. The van der Waals surface area contributed by atoms with Crippen LogP contribution in [0, 0.1) is 5.92 Å². The molecule has 0 aromatic rings. The van der Waals surface area contributed by atoms with E-state index in [1.54, 1.807) is 25.2 Å². The van der Waals surface area contributed by atoms with Crippen molar-refractivity contribution in [1.82, 2.24) is 0 Å². The minimum absolute atomic E-state index is 0.280. The molecule has 0 aromatic carbocycles. The van der Waals surface area contributed by atoms with Crippen molar-refractivity contribution in [2.75, 3.05) is 0 Å². The number of amides is 1. The standard InChI is InChI=1S/C27H39NO7/c1-19-12-8-4-6-10-14-23(35-27(28)33)26(32)22(30)13-9-5-7-11-15-25(31)34-24(17-19)21(3)16-20(2)18-29/h4,8-9,11-13,15-16,18,20,22-24,26,30,32H,5-7,10,14,17H2,1-3H3,(H2,28,33). The maximum Gasteiger partial charge on any atom is 0.404 e. The maximum absolute atomic E-state index is 12.4. The molecule has 5 atom stereocenters. The van der Waals surface area contributed by atoms with Crippen LogP contribution >= 0.6 is 0 Å². The number of hydrogen-bond acceptors (Lipinski definition) is 7. The summed E-state index contributed by atoms with van der Waals surface area (Å²) in [4.78, 5) is 34.6. The SMILES string of the molecule is CC1=CC=CCCCC(OC(N)=O)C(O)C(O)C=CCCC=CC(=O)OC(C(C)=CC(C)C=O)C1. The molecule has 4 N–H and O–H groups in total. The van der Waals surface area contributed by atoms with E-state index in [1.165, 1.54) is 12.2 Å². The van der Waals surface area contributed by atoms with Gasteiger partial charge in [-0.2, -0.15) is 0 Å². The Bertz CT molecular complexity index is 840. The van der Waals surface area contributed by atoms with E-state index in [4.69, 9.17) is 15.2 Å². The van der Waals surface area contributed by atoms with Crippen molar-refractivity contribution >= 4 is 18.3 Å². The molecular weight excluding hydrogens is 450 g/mol. The smallest absolute Gasteiger partial charge is 0.404 e. The van der Waals surface area contributed by atoms with Gasteiger partial charge in [-0.25, -0.2) is 9.59 Å². The van der Waals surface area contributed by atoms with Gasteiger partial charge in [-0.15, -0.1) is 0 Å². The van der Waals surface area contributed by atoms with Gasteiger partial charge in [0.25, 0.3) is 0 Å². The number of aliphatic hydroxyl groups is 2. The summed E-state index contributed by atoms with van der Waals surface area (Å²) < 4.78 is 10.7. The van der Waals surface area contributed by atoms with Gasteiger partial charge in [0.15, 0.2) is 0 Å². The van der Waals surface area contributed by atoms with Crippen molar-refractivity contribution in [2.45, 2.75) is 83.7 Å². The number of hydrogen-bond donors (Lipinski definition) is 3. The average Bonchev–Trinajstić information content (AvgIpc) is 2.80. The first kappa shape index (κ1) is 30.1. The van der Waals surface area contributed by atoms with Crippen LogP contribution in [0.1, 0.15) is 59.3 Å². The summed E-state index contributed by atoms with van der Waals surface area (Å²) in [5.74, 6) is -0.761. The quantitative estimate of drug-likeness (QED) is 0.310. The molecule has 0 bridgehead atoms. The van der Waals surface area contributed by atoms with Crippen LogP contribution < -0.4 is 5.73 Å². The Balaban J connectivity index is 3.06. The van der Waals surface area contributed by atoms with Crippen LogP contribution in [0.25, 0.3) is 0 Å². The normalized spacial score (nSPS) is 26.8. The highest BCUT2D eigenvalue weighted by atomic mass is 16.6. The Morgan fingerprint density at radius 3 is 2.63 bits per heavy atom. The monoisotopic (exact) mass is 489 g/mol. The fourth-order valence-corrected chi connectivity index (χ4v) is 3.55. The summed E-state index contributed by atoms with van der Waals surface area (Å²) in [5, 5.41) is 20.6. The second kappa shape index (κ2) is 16.6. The molecule has 35 heavy (non-hydrogen) atoms. The number of rotatable bonds is 4. The van der Waals surface area contributed by atoms with Gasteiger partial charge in [0.05, 0.1) is 0 Å². The Labute approximate surface area is 207 Å². The van der Waals surface area contributed by atoms with Crippen LogP contribution in [0.4, 0.5) is 4.79 Å². The fraction of sp³-hybridized carbons (Fsp3) is 0.519. The van der Waals surface area contributed by atoms with Crippen LogP contribution in [-0.4, -0.2) is 53.0 Å². The molecule has 0 aromatic heterocycles. The number of carbonyl (C=O) groups is 3. The van der Waals surface area contributed by atoms with Crippen LogP contribution in [-0.2, 0) is 19.1 Å². The van der Waals surface area contributed by atoms with Crippen molar-refractivity contribution < 1.29 is 34.1 Å². The second-order valence-electron chi connectivity index (χ2n) is 8.77. The predicted molar refractivity (Wildman–Crippen MR) is 134 cm³/mol. The van der Waals surface area contributed by atoms with Crippen molar-refractivity contribution in [3.05, 3.63) is 59.8 Å². The average molecular weight is 490 g/mol.